The van der Waals surface area contributed by atoms with Crippen molar-refractivity contribution in [2.75, 3.05) is 33.9 Å². The molecule has 3 heteroatoms. The fourth-order valence-corrected chi connectivity index (χ4v) is 1.73. The fraction of sp³-hybridized carbons (Fsp3) is 1.00. The summed E-state index contributed by atoms with van der Waals surface area (Å²) in [5, 5.41) is 3.38. The second-order valence-electron chi connectivity index (χ2n) is 4.36. The highest BCUT2D eigenvalue weighted by Gasteiger charge is 2.14. The number of nitrogens with zero attached hydrogens (tertiary/aromatic N) is 1. The van der Waals surface area contributed by atoms with Crippen LogP contribution in [0.4, 0.5) is 0 Å². The lowest BCUT2D eigenvalue weighted by Crippen LogP contribution is -2.44. The van der Waals surface area contributed by atoms with E-state index in [-0.39, 0.29) is 0 Å². The molecule has 92 valence electrons. The molecule has 0 aliphatic rings. The molecule has 0 heterocycles. The number of hydrogen-bond donors (Lipinski definition) is 1. The third-order valence-electron chi connectivity index (χ3n) is 2.81. The Morgan fingerprint density at radius 2 is 2.00 bits per heavy atom. The van der Waals surface area contributed by atoms with Gasteiger partial charge in [-0.2, -0.15) is 0 Å². The smallest absolute Gasteiger partial charge is 0.0589 e. The molecule has 0 bridgehead atoms. The van der Waals surface area contributed by atoms with Gasteiger partial charge in [0.1, 0.15) is 0 Å². The van der Waals surface area contributed by atoms with Crippen molar-refractivity contribution >= 4 is 0 Å². The van der Waals surface area contributed by atoms with Crippen LogP contribution in [0.1, 0.15) is 33.6 Å². The van der Waals surface area contributed by atoms with Crippen molar-refractivity contribution in [3.05, 3.63) is 0 Å². The van der Waals surface area contributed by atoms with Crippen LogP contribution in [0.15, 0.2) is 0 Å². The number of ether oxygens (including phenoxy) is 1. The Morgan fingerprint density at radius 1 is 1.33 bits per heavy atom. The minimum Gasteiger partial charge on any atom is -0.383 e. The summed E-state index contributed by atoms with van der Waals surface area (Å²) < 4.78 is 5.14. The van der Waals surface area contributed by atoms with Gasteiger partial charge in [0.15, 0.2) is 0 Å². The average Bonchev–Trinajstić information content (AvgIpc) is 2.22. The predicted octanol–water partition coefficient (Wildman–Crippen LogP) is 1.73. The lowest BCUT2D eigenvalue weighted by molar-refractivity contribution is 0.121. The highest BCUT2D eigenvalue weighted by molar-refractivity contribution is 4.72. The first kappa shape index (κ1) is 14.9. The Kier molecular flexibility index (Phi) is 9.06. The Morgan fingerprint density at radius 3 is 2.40 bits per heavy atom. The van der Waals surface area contributed by atoms with Gasteiger partial charge in [0.2, 0.25) is 0 Å². The molecule has 1 N–H and O–H groups in total. The molecule has 1 unspecified atom stereocenters. The standard InChI is InChI=1S/C12H28N2O/c1-6-7-12(13-4)10-14(11(2)3)8-9-15-5/h11-13H,6-10H2,1-5H3. The summed E-state index contributed by atoms with van der Waals surface area (Å²) in [5.41, 5.74) is 0. The van der Waals surface area contributed by atoms with Gasteiger partial charge in [-0.3, -0.25) is 4.90 Å². The monoisotopic (exact) mass is 216 g/mol. The molecule has 0 aliphatic carbocycles. The predicted molar refractivity (Wildman–Crippen MR) is 66.3 cm³/mol. The van der Waals surface area contributed by atoms with Crippen LogP contribution in [-0.2, 0) is 4.74 Å². The van der Waals surface area contributed by atoms with Crippen LogP contribution in [0.25, 0.3) is 0 Å². The Bertz CT molecular complexity index is 140. The molecule has 0 amide bonds. The summed E-state index contributed by atoms with van der Waals surface area (Å²) >= 11 is 0. The molecule has 0 aliphatic heterocycles. The quantitative estimate of drug-likeness (QED) is 0.635. The highest BCUT2D eigenvalue weighted by atomic mass is 16.5. The molecule has 0 rings (SSSR count). The molecule has 0 saturated heterocycles. The van der Waals surface area contributed by atoms with Gasteiger partial charge in [-0.05, 0) is 27.3 Å². The van der Waals surface area contributed by atoms with Gasteiger partial charge in [-0.1, -0.05) is 13.3 Å². The van der Waals surface area contributed by atoms with Crippen molar-refractivity contribution in [1.29, 1.82) is 0 Å². The Labute approximate surface area is 95.2 Å². The van der Waals surface area contributed by atoms with Crippen molar-refractivity contribution in [2.24, 2.45) is 0 Å². The molecule has 0 aromatic heterocycles. The van der Waals surface area contributed by atoms with Crippen LogP contribution in [0, 0.1) is 0 Å². The number of methoxy groups -OCH3 is 1. The van der Waals surface area contributed by atoms with Gasteiger partial charge in [-0.15, -0.1) is 0 Å². The molecule has 0 fully saturated rings. The lowest BCUT2D eigenvalue weighted by atomic mass is 10.1. The van der Waals surface area contributed by atoms with E-state index >= 15 is 0 Å². The normalized spacial score (nSPS) is 13.8. The van der Waals surface area contributed by atoms with Gasteiger partial charge in [-0.25, -0.2) is 0 Å². The van der Waals surface area contributed by atoms with Crippen molar-refractivity contribution in [1.82, 2.24) is 10.2 Å². The molecule has 1 atom stereocenters. The molecule has 0 aromatic rings. The number of likely N-dealkylation sites (N-methyl/N-ethyl adjacent to an activating group) is 1. The Hall–Kier alpha value is -0.120. The van der Waals surface area contributed by atoms with E-state index in [1.54, 1.807) is 7.11 Å². The SMILES string of the molecule is CCCC(CN(CCOC)C(C)C)NC. The van der Waals surface area contributed by atoms with E-state index < -0.39 is 0 Å². The molecule has 15 heavy (non-hydrogen) atoms. The maximum absolute atomic E-state index is 5.14. The summed E-state index contributed by atoms with van der Waals surface area (Å²) in [5.74, 6) is 0. The zero-order chi connectivity index (χ0) is 11.7. The van der Waals surface area contributed by atoms with E-state index in [9.17, 15) is 0 Å². The summed E-state index contributed by atoms with van der Waals surface area (Å²) in [6, 6.07) is 1.20. The van der Waals surface area contributed by atoms with Crippen LogP contribution in [0.5, 0.6) is 0 Å². The second-order valence-corrected chi connectivity index (χ2v) is 4.36. The van der Waals surface area contributed by atoms with Crippen LogP contribution in [-0.4, -0.2) is 50.8 Å². The number of rotatable bonds is 9. The van der Waals surface area contributed by atoms with Gasteiger partial charge in [0.05, 0.1) is 6.61 Å². The molecular formula is C12H28N2O. The maximum atomic E-state index is 5.14. The average molecular weight is 216 g/mol. The minimum atomic E-state index is 0.591. The zero-order valence-electron chi connectivity index (χ0n) is 11.0. The van der Waals surface area contributed by atoms with Gasteiger partial charge >= 0.3 is 0 Å². The van der Waals surface area contributed by atoms with Crippen molar-refractivity contribution in [2.45, 2.75) is 45.7 Å². The van der Waals surface area contributed by atoms with Crippen molar-refractivity contribution < 1.29 is 4.74 Å². The fourth-order valence-electron chi connectivity index (χ4n) is 1.73. The van der Waals surface area contributed by atoms with Crippen LogP contribution in [0.2, 0.25) is 0 Å². The third kappa shape index (κ3) is 6.88. The van der Waals surface area contributed by atoms with Gasteiger partial charge in [0.25, 0.3) is 0 Å². The first-order valence-corrected chi connectivity index (χ1v) is 6.05. The summed E-state index contributed by atoms with van der Waals surface area (Å²) in [6.07, 6.45) is 2.48. The molecule has 0 radical (unpaired) electrons. The summed E-state index contributed by atoms with van der Waals surface area (Å²) in [7, 11) is 3.81. The number of nitrogens with one attached hydrogen (secondary N) is 1. The largest absolute Gasteiger partial charge is 0.383 e. The molecule has 0 spiro atoms. The van der Waals surface area contributed by atoms with E-state index in [1.165, 1.54) is 12.8 Å². The van der Waals surface area contributed by atoms with E-state index in [0.717, 1.165) is 19.7 Å². The minimum absolute atomic E-state index is 0.591. The summed E-state index contributed by atoms with van der Waals surface area (Å²) in [4.78, 5) is 2.47. The van der Waals surface area contributed by atoms with E-state index in [0.29, 0.717) is 12.1 Å². The zero-order valence-corrected chi connectivity index (χ0v) is 11.0. The maximum Gasteiger partial charge on any atom is 0.0589 e. The van der Waals surface area contributed by atoms with Crippen molar-refractivity contribution in [3.8, 4) is 0 Å². The van der Waals surface area contributed by atoms with Gasteiger partial charge < -0.3 is 10.1 Å². The summed E-state index contributed by atoms with van der Waals surface area (Å²) in [6.45, 7) is 9.68. The van der Waals surface area contributed by atoms with E-state index in [2.05, 4.69) is 38.0 Å². The van der Waals surface area contributed by atoms with Crippen LogP contribution < -0.4 is 5.32 Å². The van der Waals surface area contributed by atoms with Crippen molar-refractivity contribution in [3.63, 3.8) is 0 Å². The van der Waals surface area contributed by atoms with E-state index in [4.69, 9.17) is 4.74 Å². The molecule has 0 aromatic carbocycles. The first-order chi connectivity index (χ1) is 7.15. The second kappa shape index (κ2) is 9.13. The third-order valence-corrected chi connectivity index (χ3v) is 2.81. The lowest BCUT2D eigenvalue weighted by Gasteiger charge is -2.30. The van der Waals surface area contributed by atoms with E-state index in [1.807, 2.05) is 0 Å². The first-order valence-electron chi connectivity index (χ1n) is 6.05. The topological polar surface area (TPSA) is 24.5 Å². The number of hydrogen-bond acceptors (Lipinski definition) is 3. The van der Waals surface area contributed by atoms with Gasteiger partial charge in [0, 0.05) is 32.3 Å². The van der Waals surface area contributed by atoms with Crippen LogP contribution in [0.3, 0.4) is 0 Å². The molecule has 3 nitrogen and oxygen atoms in total. The molecular weight excluding hydrogens is 188 g/mol. The molecule has 0 saturated carbocycles. The Balaban J connectivity index is 4.00. The highest BCUT2D eigenvalue weighted by Crippen LogP contribution is 2.04. The van der Waals surface area contributed by atoms with Crippen LogP contribution >= 0.6 is 0 Å².